The minimum atomic E-state index is -3.84. The largest absolute Gasteiger partial charge is 0.444 e. The van der Waals surface area contributed by atoms with Crippen molar-refractivity contribution in [3.8, 4) is 0 Å². The van der Waals surface area contributed by atoms with E-state index in [2.05, 4.69) is 48.2 Å². The zero-order chi connectivity index (χ0) is 47.1. The number of hydrogen-bond donors (Lipinski definition) is 3. The number of carbonyl (C=O) groups excluding carboxylic acids is 2. The SMILES string of the molecule is CCC1CN(C(=O)OC(C)(C)C)CC1C(=O)NNc1cnc2c(ccn2S(=O)(=O)c2ccc(C)cc2)n1.CCC1CNCC1c1nnc2cnc3c(ccn3S(=O)(=O)c3ccc(C)cc3)n12. The van der Waals surface area contributed by atoms with Gasteiger partial charge in [0.05, 0.1) is 33.6 Å². The molecule has 0 radical (unpaired) electrons. The van der Waals surface area contributed by atoms with Gasteiger partial charge in [-0.25, -0.2) is 44.5 Å². The van der Waals surface area contributed by atoms with Crippen LogP contribution in [0.3, 0.4) is 0 Å². The molecule has 7 aromatic rings. The molecule has 2 aliphatic heterocycles. The van der Waals surface area contributed by atoms with Gasteiger partial charge in [0.15, 0.2) is 22.8 Å². The highest BCUT2D eigenvalue weighted by molar-refractivity contribution is 7.90. The lowest BCUT2D eigenvalue weighted by atomic mass is 9.93. The molecule has 348 valence electrons. The number of aryl methyl sites for hydroxylation is 2. The molecule has 0 aliphatic carbocycles. The Labute approximate surface area is 383 Å². The molecule has 9 rings (SSSR count). The molecule has 66 heavy (non-hydrogen) atoms. The maximum Gasteiger partial charge on any atom is 0.410 e. The zero-order valence-corrected chi connectivity index (χ0v) is 39.5. The molecule has 2 fully saturated rings. The number of rotatable bonds is 10. The minimum absolute atomic E-state index is 0.0103. The summed E-state index contributed by atoms with van der Waals surface area (Å²) in [5.74, 6) is 1.11. The molecule has 2 aliphatic rings. The van der Waals surface area contributed by atoms with Gasteiger partial charge < -0.3 is 15.0 Å². The molecule has 0 saturated carbocycles. The van der Waals surface area contributed by atoms with Gasteiger partial charge in [0.2, 0.25) is 5.91 Å². The number of nitrogens with zero attached hydrogens (tertiary/aromatic N) is 9. The average Bonchev–Trinajstić information content (AvgIpc) is 4.14. The molecule has 2 amide bonds. The topological polar surface area (TPSA) is 230 Å². The molecule has 0 spiro atoms. The van der Waals surface area contributed by atoms with Gasteiger partial charge in [0.1, 0.15) is 16.9 Å². The van der Waals surface area contributed by atoms with Crippen LogP contribution in [-0.2, 0) is 29.6 Å². The number of aromatic nitrogens is 8. The third-order valence-corrected chi connectivity index (χ3v) is 15.4. The number of anilines is 1. The summed E-state index contributed by atoms with van der Waals surface area (Å²) in [6.45, 7) is 15.9. The Bertz CT molecular complexity index is 3140. The van der Waals surface area contributed by atoms with Gasteiger partial charge in [-0.2, -0.15) is 0 Å². The molecule has 3 N–H and O–H groups in total. The van der Waals surface area contributed by atoms with Crippen molar-refractivity contribution in [3.05, 3.63) is 102 Å². The lowest BCUT2D eigenvalue weighted by molar-refractivity contribution is -0.125. The number of fused-ring (bicyclic) bond motifs is 4. The summed E-state index contributed by atoms with van der Waals surface area (Å²) in [5.41, 5.74) is 8.97. The number of nitrogens with one attached hydrogen (secondary N) is 3. The summed E-state index contributed by atoms with van der Waals surface area (Å²) in [7, 11) is -7.59. The van der Waals surface area contributed by atoms with E-state index < -0.39 is 37.7 Å². The van der Waals surface area contributed by atoms with Crippen LogP contribution in [0.4, 0.5) is 10.6 Å². The summed E-state index contributed by atoms with van der Waals surface area (Å²) in [5, 5.41) is 12.2. The first-order valence-electron chi connectivity index (χ1n) is 21.8. The number of hydrazine groups is 1. The normalized spacial score (nSPS) is 19.0. The number of carbonyl (C=O) groups is 2. The van der Waals surface area contributed by atoms with E-state index >= 15 is 0 Å². The standard InChI is InChI=1S/C25H32N6O5S.C20H22N6O2S/c1-6-17-14-30(24(33)36-25(3,4)5)15-19(17)23(32)29-28-21-13-26-22-20(27-21)11-12-31(22)37(34,35)18-9-7-16(2)8-10-18;1-3-14-10-21-11-16(14)19-24-23-18-12-22-20-17(26(18)19)8-9-25(20)29(27,28)15-6-4-13(2)5-7-15/h7-13,17,19H,6,14-15H2,1-5H3,(H,27,28)(H,29,32);4-9,12,14,16,21H,3,10-11H2,1-2H3. The smallest absolute Gasteiger partial charge is 0.410 e. The van der Waals surface area contributed by atoms with E-state index in [1.54, 1.807) is 98.7 Å². The van der Waals surface area contributed by atoms with Crippen molar-refractivity contribution >= 4 is 65.8 Å². The Kier molecular flexibility index (Phi) is 12.6. The van der Waals surface area contributed by atoms with Crippen LogP contribution in [0.1, 0.15) is 70.3 Å². The highest BCUT2D eigenvalue weighted by Crippen LogP contribution is 2.32. The molecule has 7 heterocycles. The number of ether oxygens (including phenoxy) is 1. The fourth-order valence-corrected chi connectivity index (χ4v) is 11.0. The van der Waals surface area contributed by atoms with E-state index in [0.29, 0.717) is 34.8 Å². The zero-order valence-electron chi connectivity index (χ0n) is 37.8. The molecule has 4 unspecified atom stereocenters. The molecule has 21 heteroatoms. The van der Waals surface area contributed by atoms with E-state index in [0.717, 1.165) is 46.9 Å². The summed E-state index contributed by atoms with van der Waals surface area (Å²) >= 11 is 0. The van der Waals surface area contributed by atoms with E-state index in [-0.39, 0.29) is 45.5 Å². The molecule has 2 saturated heterocycles. The number of amides is 2. The summed E-state index contributed by atoms with van der Waals surface area (Å²) < 4.78 is 62.3. The third-order valence-electron chi connectivity index (χ3n) is 12.0. The van der Waals surface area contributed by atoms with Crippen molar-refractivity contribution in [2.75, 3.05) is 31.6 Å². The Morgan fingerprint density at radius 2 is 1.38 bits per heavy atom. The fraction of sp³-hybridized carbons (Fsp3) is 0.400. The first-order valence-corrected chi connectivity index (χ1v) is 24.7. The maximum atomic E-state index is 13.2. The van der Waals surface area contributed by atoms with E-state index in [1.807, 2.05) is 25.2 Å². The van der Waals surface area contributed by atoms with Crippen LogP contribution in [-0.4, -0.2) is 103 Å². The predicted octanol–water partition coefficient (Wildman–Crippen LogP) is 5.65. The van der Waals surface area contributed by atoms with Gasteiger partial charge in [0, 0.05) is 37.9 Å². The Morgan fingerprint density at radius 1 is 0.773 bits per heavy atom. The summed E-state index contributed by atoms with van der Waals surface area (Å²) in [6, 6.07) is 16.7. The first-order chi connectivity index (χ1) is 31.4. The predicted molar refractivity (Wildman–Crippen MR) is 248 cm³/mol. The summed E-state index contributed by atoms with van der Waals surface area (Å²) in [6.07, 6.45) is 7.23. The van der Waals surface area contributed by atoms with Crippen LogP contribution in [0.25, 0.3) is 28.0 Å². The molecule has 4 atom stereocenters. The van der Waals surface area contributed by atoms with Gasteiger partial charge >= 0.3 is 6.09 Å². The monoisotopic (exact) mass is 938 g/mol. The van der Waals surface area contributed by atoms with Gasteiger partial charge in [0.25, 0.3) is 20.0 Å². The third kappa shape index (κ3) is 9.06. The molecule has 2 aromatic carbocycles. The maximum absolute atomic E-state index is 13.2. The lowest BCUT2D eigenvalue weighted by Crippen LogP contribution is -2.39. The van der Waals surface area contributed by atoms with Crippen LogP contribution < -0.4 is 16.2 Å². The van der Waals surface area contributed by atoms with Crippen molar-refractivity contribution in [1.29, 1.82) is 0 Å². The molecular formula is C45H54N12O7S2. The average molecular weight is 939 g/mol. The van der Waals surface area contributed by atoms with Crippen molar-refractivity contribution in [1.82, 2.24) is 53.1 Å². The second kappa shape index (κ2) is 18.1. The van der Waals surface area contributed by atoms with Crippen molar-refractivity contribution in [2.24, 2.45) is 17.8 Å². The Morgan fingerprint density at radius 3 is 2.00 bits per heavy atom. The number of benzene rings is 2. The van der Waals surface area contributed by atoms with Gasteiger partial charge in [-0.15, -0.1) is 10.2 Å². The number of hydrogen-bond acceptors (Lipinski definition) is 14. The molecule has 0 bridgehead atoms. The second-order valence-electron chi connectivity index (χ2n) is 17.7. The van der Waals surface area contributed by atoms with Crippen LogP contribution in [0.15, 0.2) is 95.2 Å². The van der Waals surface area contributed by atoms with Gasteiger partial charge in [-0.1, -0.05) is 62.1 Å². The quantitative estimate of drug-likeness (QED) is 0.141. The van der Waals surface area contributed by atoms with E-state index in [1.165, 1.54) is 16.4 Å². The fourth-order valence-electron chi connectivity index (χ4n) is 8.42. The first kappa shape index (κ1) is 46.1. The molecule has 5 aromatic heterocycles. The van der Waals surface area contributed by atoms with Crippen molar-refractivity contribution in [3.63, 3.8) is 0 Å². The van der Waals surface area contributed by atoms with Crippen LogP contribution in [0, 0.1) is 31.6 Å². The highest BCUT2D eigenvalue weighted by Gasteiger charge is 2.40. The highest BCUT2D eigenvalue weighted by atomic mass is 32.2. The van der Waals surface area contributed by atoms with Crippen LogP contribution in [0.5, 0.6) is 0 Å². The lowest BCUT2D eigenvalue weighted by Gasteiger charge is -2.24. The van der Waals surface area contributed by atoms with Gasteiger partial charge in [-0.3, -0.25) is 20.0 Å². The number of likely N-dealkylation sites (tertiary alicyclic amines) is 1. The van der Waals surface area contributed by atoms with E-state index in [9.17, 15) is 26.4 Å². The Hall–Kier alpha value is -6.45. The van der Waals surface area contributed by atoms with Crippen LogP contribution in [0.2, 0.25) is 0 Å². The minimum Gasteiger partial charge on any atom is -0.444 e. The van der Waals surface area contributed by atoms with Crippen LogP contribution >= 0.6 is 0 Å². The van der Waals surface area contributed by atoms with Crippen molar-refractivity contribution < 1.29 is 31.2 Å². The Balaban J connectivity index is 0.000000184. The van der Waals surface area contributed by atoms with Gasteiger partial charge in [-0.05, 0) is 89.4 Å². The molecule has 19 nitrogen and oxygen atoms in total. The second-order valence-corrected chi connectivity index (χ2v) is 21.4. The van der Waals surface area contributed by atoms with Crippen molar-refractivity contribution in [2.45, 2.75) is 82.6 Å². The van der Waals surface area contributed by atoms with E-state index in [4.69, 9.17) is 4.74 Å². The molecular weight excluding hydrogens is 885 g/mol. The summed E-state index contributed by atoms with van der Waals surface area (Å²) in [4.78, 5) is 40.4.